The van der Waals surface area contributed by atoms with E-state index in [0.29, 0.717) is 11.6 Å². The van der Waals surface area contributed by atoms with Crippen LogP contribution in [0.15, 0.2) is 61.1 Å². The highest BCUT2D eigenvalue weighted by atomic mass is 35.5. The summed E-state index contributed by atoms with van der Waals surface area (Å²) in [5.74, 6) is 1.37. The van der Waals surface area contributed by atoms with Crippen molar-refractivity contribution in [2.24, 2.45) is 5.92 Å². The molecule has 1 saturated heterocycles. The van der Waals surface area contributed by atoms with Gasteiger partial charge in [-0.3, -0.25) is 0 Å². The third-order valence-electron chi connectivity index (χ3n) is 6.35. The van der Waals surface area contributed by atoms with Crippen LogP contribution in [0.25, 0.3) is 22.2 Å². The largest absolute Gasteiger partial charge is 0.370 e. The highest BCUT2D eigenvalue weighted by Crippen LogP contribution is 2.31. The van der Waals surface area contributed by atoms with Crippen LogP contribution in [0, 0.1) is 11.7 Å². The molecule has 7 heteroatoms. The van der Waals surface area contributed by atoms with Gasteiger partial charge in [-0.1, -0.05) is 29.8 Å². The van der Waals surface area contributed by atoms with Crippen molar-refractivity contribution in [2.45, 2.75) is 25.8 Å². The number of pyridine rings is 1. The number of piperidine rings is 1. The normalized spacial score (nSPS) is 14.6. The van der Waals surface area contributed by atoms with Gasteiger partial charge in [0.25, 0.3) is 0 Å². The lowest BCUT2D eigenvalue weighted by atomic mass is 9.95. The smallest absolute Gasteiger partial charge is 0.126 e. The van der Waals surface area contributed by atoms with E-state index >= 15 is 0 Å². The van der Waals surface area contributed by atoms with E-state index in [4.69, 9.17) is 11.6 Å². The summed E-state index contributed by atoms with van der Waals surface area (Å²) in [6.07, 6.45) is 7.13. The van der Waals surface area contributed by atoms with Crippen molar-refractivity contribution in [3.63, 3.8) is 0 Å². The number of imidazole rings is 1. The Labute approximate surface area is 198 Å². The van der Waals surface area contributed by atoms with Crippen LogP contribution in [-0.2, 0) is 6.54 Å². The van der Waals surface area contributed by atoms with Crippen LogP contribution in [-0.4, -0.2) is 34.2 Å². The predicted molar refractivity (Wildman–Crippen MR) is 132 cm³/mol. The molecule has 1 aliphatic heterocycles. The second-order valence-corrected chi connectivity index (χ2v) is 9.07. The zero-order chi connectivity index (χ0) is 22.6. The minimum absolute atomic E-state index is 0.235. The van der Waals surface area contributed by atoms with Gasteiger partial charge in [0.2, 0.25) is 0 Å². The third kappa shape index (κ3) is 5.18. The molecule has 0 radical (unpaired) electrons. The summed E-state index contributed by atoms with van der Waals surface area (Å²) in [4.78, 5) is 8.98. The van der Waals surface area contributed by atoms with Crippen molar-refractivity contribution in [1.82, 2.24) is 19.9 Å². The molecule has 4 aromatic rings. The summed E-state index contributed by atoms with van der Waals surface area (Å²) in [6, 6.07) is 14.8. The number of rotatable bonds is 7. The van der Waals surface area contributed by atoms with E-state index < -0.39 is 0 Å². The number of nitrogens with one attached hydrogen (secondary N) is 2. The molecule has 3 heterocycles. The molecule has 0 atom stereocenters. The molecule has 0 unspecified atom stereocenters. The minimum atomic E-state index is -0.235. The number of aromatic nitrogens is 3. The fourth-order valence-electron chi connectivity index (χ4n) is 4.51. The van der Waals surface area contributed by atoms with E-state index in [1.54, 1.807) is 24.7 Å². The summed E-state index contributed by atoms with van der Waals surface area (Å²) in [5.41, 5.74) is 4.68. The Bertz CT molecular complexity index is 1250. The molecule has 0 amide bonds. The highest BCUT2D eigenvalue weighted by molar-refractivity contribution is 6.33. The van der Waals surface area contributed by atoms with Crippen LogP contribution in [0.2, 0.25) is 5.02 Å². The monoisotopic (exact) mass is 463 g/mol. The van der Waals surface area contributed by atoms with Gasteiger partial charge < -0.3 is 15.2 Å². The molecule has 0 saturated carbocycles. The van der Waals surface area contributed by atoms with Crippen LogP contribution in [0.1, 0.15) is 24.8 Å². The molecule has 2 N–H and O–H groups in total. The molecule has 0 bridgehead atoms. The zero-order valence-electron chi connectivity index (χ0n) is 18.4. The summed E-state index contributed by atoms with van der Waals surface area (Å²) in [6.45, 7) is 3.68. The van der Waals surface area contributed by atoms with Crippen LogP contribution in [0.4, 0.5) is 10.2 Å². The van der Waals surface area contributed by atoms with E-state index in [2.05, 4.69) is 26.7 Å². The van der Waals surface area contributed by atoms with Gasteiger partial charge in [-0.2, -0.15) is 0 Å². The Balaban J connectivity index is 1.36. The van der Waals surface area contributed by atoms with Crippen LogP contribution in [0.3, 0.4) is 0 Å². The van der Waals surface area contributed by atoms with Crippen molar-refractivity contribution >= 4 is 28.5 Å². The van der Waals surface area contributed by atoms with Gasteiger partial charge in [-0.05, 0) is 79.7 Å². The standard InChI is InChI=1S/C26H27ClFN5/c27-23-15-31-26(30-11-8-18-6-9-29-10-7-18)14-22(23)20-4-5-24-25(13-20)33(17-32-24)16-19-2-1-3-21(28)12-19/h1-5,12-15,17-18,29H,6-11,16H2,(H,30,31). The number of hydrogen-bond acceptors (Lipinski definition) is 4. The SMILES string of the molecule is Fc1cccc(Cn2cnc3ccc(-c4cc(NCCC5CCNCC5)ncc4Cl)cc32)c1. The molecule has 5 rings (SSSR count). The summed E-state index contributed by atoms with van der Waals surface area (Å²) in [5, 5.41) is 7.49. The first-order valence-electron chi connectivity index (χ1n) is 11.5. The van der Waals surface area contributed by atoms with E-state index in [1.165, 1.54) is 18.9 Å². The lowest BCUT2D eigenvalue weighted by Crippen LogP contribution is -2.28. The maximum Gasteiger partial charge on any atom is 0.126 e. The highest BCUT2D eigenvalue weighted by Gasteiger charge is 2.13. The van der Waals surface area contributed by atoms with Gasteiger partial charge in [-0.15, -0.1) is 0 Å². The Kier molecular flexibility index (Phi) is 6.55. The molecule has 1 aliphatic rings. The average molecular weight is 464 g/mol. The van der Waals surface area contributed by atoms with E-state index in [0.717, 1.165) is 65.5 Å². The van der Waals surface area contributed by atoms with Gasteiger partial charge in [-0.25, -0.2) is 14.4 Å². The molecule has 5 nitrogen and oxygen atoms in total. The van der Waals surface area contributed by atoms with Crippen molar-refractivity contribution in [3.8, 4) is 11.1 Å². The molecular formula is C26H27ClFN5. The fraction of sp³-hybridized carbons (Fsp3) is 0.308. The summed E-state index contributed by atoms with van der Waals surface area (Å²) >= 11 is 6.54. The fourth-order valence-corrected chi connectivity index (χ4v) is 4.73. The zero-order valence-corrected chi connectivity index (χ0v) is 19.2. The Morgan fingerprint density at radius 3 is 2.82 bits per heavy atom. The summed E-state index contributed by atoms with van der Waals surface area (Å²) < 4.78 is 15.6. The average Bonchev–Trinajstić information content (AvgIpc) is 3.23. The molecule has 1 fully saturated rings. The van der Waals surface area contributed by atoms with Gasteiger partial charge in [0.1, 0.15) is 11.6 Å². The van der Waals surface area contributed by atoms with Crippen molar-refractivity contribution in [1.29, 1.82) is 0 Å². The molecule has 0 aliphatic carbocycles. The molecule has 170 valence electrons. The second-order valence-electron chi connectivity index (χ2n) is 8.66. The topological polar surface area (TPSA) is 54.8 Å². The molecule has 2 aromatic heterocycles. The third-order valence-corrected chi connectivity index (χ3v) is 6.65. The quantitative estimate of drug-likeness (QED) is 0.367. The van der Waals surface area contributed by atoms with E-state index in [9.17, 15) is 4.39 Å². The Morgan fingerprint density at radius 1 is 1.09 bits per heavy atom. The van der Waals surface area contributed by atoms with Crippen LogP contribution in [0.5, 0.6) is 0 Å². The first-order chi connectivity index (χ1) is 16.2. The molecule has 33 heavy (non-hydrogen) atoms. The van der Waals surface area contributed by atoms with Gasteiger partial charge in [0, 0.05) is 24.8 Å². The lowest BCUT2D eigenvalue weighted by molar-refractivity contribution is 0.361. The Morgan fingerprint density at radius 2 is 1.97 bits per heavy atom. The number of halogens is 2. The first kappa shape index (κ1) is 21.9. The second kappa shape index (κ2) is 9.89. The molecular weight excluding hydrogens is 437 g/mol. The van der Waals surface area contributed by atoms with Gasteiger partial charge in [0.15, 0.2) is 0 Å². The number of nitrogens with zero attached hydrogens (tertiary/aromatic N) is 3. The van der Waals surface area contributed by atoms with Gasteiger partial charge in [0.05, 0.1) is 22.4 Å². The van der Waals surface area contributed by atoms with Crippen LogP contribution < -0.4 is 10.6 Å². The molecule has 2 aromatic carbocycles. The van der Waals surface area contributed by atoms with E-state index in [1.807, 2.05) is 28.8 Å². The number of benzene rings is 2. The number of fused-ring (bicyclic) bond motifs is 1. The maximum absolute atomic E-state index is 13.6. The van der Waals surface area contributed by atoms with Crippen molar-refractivity contribution < 1.29 is 4.39 Å². The predicted octanol–water partition coefficient (Wildman–Crippen LogP) is 5.74. The van der Waals surface area contributed by atoms with Crippen LogP contribution >= 0.6 is 11.6 Å². The molecule has 0 spiro atoms. The van der Waals surface area contributed by atoms with Crippen molar-refractivity contribution in [2.75, 3.05) is 25.0 Å². The first-order valence-corrected chi connectivity index (χ1v) is 11.8. The van der Waals surface area contributed by atoms with E-state index in [-0.39, 0.29) is 5.82 Å². The number of hydrogen-bond donors (Lipinski definition) is 2. The minimum Gasteiger partial charge on any atom is -0.370 e. The lowest BCUT2D eigenvalue weighted by Gasteiger charge is -2.22. The Hall–Kier alpha value is -2.96. The summed E-state index contributed by atoms with van der Waals surface area (Å²) in [7, 11) is 0. The van der Waals surface area contributed by atoms with Gasteiger partial charge >= 0.3 is 0 Å². The maximum atomic E-state index is 13.6. The van der Waals surface area contributed by atoms with Crippen molar-refractivity contribution in [3.05, 3.63) is 77.5 Å². The number of anilines is 1.